The van der Waals surface area contributed by atoms with Gasteiger partial charge in [0.1, 0.15) is 0 Å². The maximum Gasteiger partial charge on any atom is 0.261 e. The van der Waals surface area contributed by atoms with Gasteiger partial charge in [0.2, 0.25) is 0 Å². The van der Waals surface area contributed by atoms with Crippen LogP contribution in [-0.2, 0) is 6.54 Å². The standard InChI is InChI=1S/C20H28N4O3/c25-12-11-24-14-21-17-13-15(5-6-16(17)20(24)27)22-7-9-23(10-8-22)18-3-1-2-4-19(18)26/h5-6,13-14,18-19,25-26H,1-4,7-12H2. The summed E-state index contributed by atoms with van der Waals surface area (Å²) in [5, 5.41) is 19.9. The summed E-state index contributed by atoms with van der Waals surface area (Å²) < 4.78 is 1.44. The Morgan fingerprint density at radius 1 is 1.11 bits per heavy atom. The molecule has 2 N–H and O–H groups in total. The third-order valence-corrected chi connectivity index (χ3v) is 5.99. The van der Waals surface area contributed by atoms with Gasteiger partial charge in [0.25, 0.3) is 5.56 Å². The molecule has 0 amide bonds. The molecule has 2 aliphatic rings. The molecule has 2 atom stereocenters. The van der Waals surface area contributed by atoms with Crippen LogP contribution in [0.15, 0.2) is 29.3 Å². The fourth-order valence-electron chi connectivity index (χ4n) is 4.44. The summed E-state index contributed by atoms with van der Waals surface area (Å²) in [6.45, 7) is 3.91. The van der Waals surface area contributed by atoms with Gasteiger partial charge < -0.3 is 15.1 Å². The molecule has 27 heavy (non-hydrogen) atoms. The zero-order valence-corrected chi connectivity index (χ0v) is 15.6. The van der Waals surface area contributed by atoms with Crippen LogP contribution in [0, 0.1) is 0 Å². The summed E-state index contributed by atoms with van der Waals surface area (Å²) in [6.07, 6.45) is 5.70. The Labute approximate surface area is 158 Å². The van der Waals surface area contributed by atoms with Gasteiger partial charge in [0, 0.05) is 37.9 Å². The Morgan fingerprint density at radius 2 is 1.89 bits per heavy atom. The fraction of sp³-hybridized carbons (Fsp3) is 0.600. The number of fused-ring (bicyclic) bond motifs is 1. The topological polar surface area (TPSA) is 81.8 Å². The number of benzene rings is 1. The molecule has 1 aliphatic carbocycles. The van der Waals surface area contributed by atoms with E-state index in [0.29, 0.717) is 16.9 Å². The lowest BCUT2D eigenvalue weighted by atomic mass is 9.91. The molecule has 7 nitrogen and oxygen atoms in total. The molecular formula is C20H28N4O3. The lowest BCUT2D eigenvalue weighted by Gasteiger charge is -2.43. The molecule has 2 aromatic rings. The lowest BCUT2D eigenvalue weighted by molar-refractivity contribution is 0.0173. The normalized spacial score (nSPS) is 24.4. The zero-order valence-electron chi connectivity index (χ0n) is 15.6. The number of hydrogen-bond donors (Lipinski definition) is 2. The number of rotatable bonds is 4. The first kappa shape index (κ1) is 18.4. The van der Waals surface area contributed by atoms with Gasteiger partial charge in [-0.15, -0.1) is 0 Å². The summed E-state index contributed by atoms with van der Waals surface area (Å²) in [5.41, 5.74) is 1.66. The van der Waals surface area contributed by atoms with Gasteiger partial charge in [0.15, 0.2) is 0 Å². The fourth-order valence-corrected chi connectivity index (χ4v) is 4.44. The highest BCUT2D eigenvalue weighted by molar-refractivity contribution is 5.81. The molecule has 1 saturated carbocycles. The van der Waals surface area contributed by atoms with Crippen LogP contribution in [0.3, 0.4) is 0 Å². The minimum atomic E-state index is -0.184. The van der Waals surface area contributed by atoms with E-state index in [-0.39, 0.29) is 24.8 Å². The smallest absolute Gasteiger partial charge is 0.261 e. The van der Waals surface area contributed by atoms with Crippen molar-refractivity contribution in [3.63, 3.8) is 0 Å². The van der Waals surface area contributed by atoms with Crippen molar-refractivity contribution in [2.24, 2.45) is 0 Å². The zero-order chi connectivity index (χ0) is 18.8. The summed E-state index contributed by atoms with van der Waals surface area (Å²) in [7, 11) is 0. The van der Waals surface area contributed by atoms with E-state index in [9.17, 15) is 9.90 Å². The molecule has 2 fully saturated rings. The summed E-state index contributed by atoms with van der Waals surface area (Å²) >= 11 is 0. The van der Waals surface area contributed by atoms with Crippen molar-refractivity contribution >= 4 is 16.6 Å². The van der Waals surface area contributed by atoms with Crippen LogP contribution in [0.1, 0.15) is 25.7 Å². The third kappa shape index (κ3) is 3.72. The Kier molecular flexibility index (Phi) is 5.43. The lowest BCUT2D eigenvalue weighted by Crippen LogP contribution is -2.54. The Balaban J connectivity index is 1.47. The first-order chi connectivity index (χ1) is 13.2. The first-order valence-corrected chi connectivity index (χ1v) is 9.94. The number of hydrogen-bond acceptors (Lipinski definition) is 6. The SMILES string of the molecule is O=c1c2ccc(N3CCN(C4CCCCC4O)CC3)cc2ncn1CCO. The van der Waals surface area contributed by atoms with Gasteiger partial charge in [0.05, 0.1) is 36.5 Å². The van der Waals surface area contributed by atoms with Crippen molar-refractivity contribution < 1.29 is 10.2 Å². The molecule has 1 aromatic carbocycles. The minimum absolute atomic E-state index is 0.0782. The number of aliphatic hydroxyl groups is 2. The molecule has 7 heteroatoms. The highest BCUT2D eigenvalue weighted by Crippen LogP contribution is 2.26. The molecule has 2 heterocycles. The third-order valence-electron chi connectivity index (χ3n) is 5.99. The van der Waals surface area contributed by atoms with Gasteiger partial charge in [-0.25, -0.2) is 4.98 Å². The molecule has 0 radical (unpaired) electrons. The number of nitrogens with zero attached hydrogens (tertiary/aromatic N) is 4. The van der Waals surface area contributed by atoms with Crippen LogP contribution in [-0.4, -0.2) is 69.6 Å². The van der Waals surface area contributed by atoms with Gasteiger partial charge in [-0.1, -0.05) is 12.8 Å². The van der Waals surface area contributed by atoms with Crippen LogP contribution in [0.25, 0.3) is 10.9 Å². The van der Waals surface area contributed by atoms with Crippen molar-refractivity contribution in [1.82, 2.24) is 14.5 Å². The average molecular weight is 372 g/mol. The Bertz CT molecular complexity index is 845. The summed E-state index contributed by atoms with van der Waals surface area (Å²) in [6, 6.07) is 6.11. The van der Waals surface area contributed by atoms with Crippen LogP contribution in [0.4, 0.5) is 5.69 Å². The Morgan fingerprint density at radius 3 is 2.63 bits per heavy atom. The number of anilines is 1. The molecule has 1 aliphatic heterocycles. The monoisotopic (exact) mass is 372 g/mol. The van der Waals surface area contributed by atoms with Crippen molar-refractivity contribution in [2.45, 2.75) is 44.4 Å². The molecule has 0 bridgehead atoms. The van der Waals surface area contributed by atoms with Gasteiger partial charge in [-0.3, -0.25) is 14.3 Å². The number of piperazine rings is 1. The highest BCUT2D eigenvalue weighted by Gasteiger charge is 2.30. The quantitative estimate of drug-likeness (QED) is 0.827. The van der Waals surface area contributed by atoms with Crippen LogP contribution >= 0.6 is 0 Å². The molecule has 0 spiro atoms. The number of aliphatic hydroxyl groups excluding tert-OH is 2. The molecular weight excluding hydrogens is 344 g/mol. The van der Waals surface area contributed by atoms with Crippen molar-refractivity contribution in [3.05, 3.63) is 34.9 Å². The second kappa shape index (κ2) is 7.96. The van der Waals surface area contributed by atoms with Crippen LogP contribution in [0.5, 0.6) is 0 Å². The van der Waals surface area contributed by atoms with Crippen molar-refractivity contribution in [1.29, 1.82) is 0 Å². The minimum Gasteiger partial charge on any atom is -0.395 e. The summed E-state index contributed by atoms with van der Waals surface area (Å²) in [5.74, 6) is 0. The predicted molar refractivity (Wildman–Crippen MR) is 105 cm³/mol. The first-order valence-electron chi connectivity index (χ1n) is 9.94. The molecule has 1 aromatic heterocycles. The van der Waals surface area contributed by atoms with E-state index in [0.717, 1.165) is 51.1 Å². The van der Waals surface area contributed by atoms with Gasteiger partial charge >= 0.3 is 0 Å². The molecule has 146 valence electrons. The largest absolute Gasteiger partial charge is 0.395 e. The van der Waals surface area contributed by atoms with Crippen molar-refractivity contribution in [2.75, 3.05) is 37.7 Å². The number of aromatic nitrogens is 2. The van der Waals surface area contributed by atoms with Gasteiger partial charge in [-0.2, -0.15) is 0 Å². The van der Waals surface area contributed by atoms with E-state index in [4.69, 9.17) is 5.11 Å². The predicted octanol–water partition coefficient (Wildman–Crippen LogP) is 0.814. The van der Waals surface area contributed by atoms with Crippen LogP contribution in [0.2, 0.25) is 0 Å². The maximum absolute atomic E-state index is 12.4. The van der Waals surface area contributed by atoms with E-state index < -0.39 is 0 Å². The average Bonchev–Trinajstić information content (AvgIpc) is 2.70. The second-order valence-electron chi connectivity index (χ2n) is 7.61. The molecule has 4 rings (SSSR count). The molecule has 2 unspecified atom stereocenters. The van der Waals surface area contributed by atoms with Crippen molar-refractivity contribution in [3.8, 4) is 0 Å². The second-order valence-corrected chi connectivity index (χ2v) is 7.61. The van der Waals surface area contributed by atoms with E-state index in [1.165, 1.54) is 17.3 Å². The van der Waals surface area contributed by atoms with Gasteiger partial charge in [-0.05, 0) is 31.0 Å². The van der Waals surface area contributed by atoms with Crippen LogP contribution < -0.4 is 10.5 Å². The summed E-state index contributed by atoms with van der Waals surface area (Å²) in [4.78, 5) is 21.6. The Hall–Kier alpha value is -1.96. The van der Waals surface area contributed by atoms with E-state index >= 15 is 0 Å². The molecule has 1 saturated heterocycles. The van der Waals surface area contributed by atoms with E-state index in [2.05, 4.69) is 14.8 Å². The van der Waals surface area contributed by atoms with E-state index in [1.807, 2.05) is 18.2 Å². The maximum atomic E-state index is 12.4. The highest BCUT2D eigenvalue weighted by atomic mass is 16.3. The van der Waals surface area contributed by atoms with E-state index in [1.54, 1.807) is 0 Å².